The first-order valence-corrected chi connectivity index (χ1v) is 12.4. The van der Waals surface area contributed by atoms with Crippen LogP contribution in [-0.2, 0) is 11.2 Å². The van der Waals surface area contributed by atoms with Gasteiger partial charge in [-0.1, -0.05) is 0 Å². The third kappa shape index (κ3) is 5.35. The number of benzene rings is 1. The highest BCUT2D eigenvalue weighted by atomic mass is 16.5. The minimum Gasteiger partial charge on any atom is -0.379 e. The van der Waals surface area contributed by atoms with Gasteiger partial charge in [-0.3, -0.25) is 14.5 Å². The maximum absolute atomic E-state index is 12.8. The number of H-pyrrole nitrogens is 1. The highest BCUT2D eigenvalue weighted by molar-refractivity contribution is 5.96. The van der Waals surface area contributed by atoms with Crippen molar-refractivity contribution in [2.45, 2.75) is 6.42 Å². The van der Waals surface area contributed by atoms with Crippen LogP contribution >= 0.6 is 0 Å². The lowest BCUT2D eigenvalue weighted by molar-refractivity contribution is 0.0384. The van der Waals surface area contributed by atoms with Crippen molar-refractivity contribution in [2.75, 3.05) is 76.3 Å². The quantitative estimate of drug-likeness (QED) is 0.454. The van der Waals surface area contributed by atoms with Gasteiger partial charge in [0.25, 0.3) is 5.56 Å². The van der Waals surface area contributed by atoms with Gasteiger partial charge in [0.2, 0.25) is 5.91 Å². The van der Waals surface area contributed by atoms with Crippen LogP contribution in [0.5, 0.6) is 0 Å². The van der Waals surface area contributed by atoms with Crippen molar-refractivity contribution >= 4 is 34.0 Å². The molecule has 4 N–H and O–H groups in total. The number of aromatic nitrogens is 2. The molecule has 5 rings (SSSR count). The van der Waals surface area contributed by atoms with E-state index in [0.29, 0.717) is 16.8 Å². The molecule has 0 spiro atoms. The summed E-state index contributed by atoms with van der Waals surface area (Å²) in [6, 6.07) is 9.28. The normalized spacial score (nSPS) is 17.4. The van der Waals surface area contributed by atoms with E-state index in [-0.39, 0.29) is 5.56 Å². The number of fused-ring (bicyclic) bond motifs is 1. The average molecular weight is 492 g/mol. The molecule has 2 aliphatic rings. The van der Waals surface area contributed by atoms with Crippen molar-refractivity contribution in [3.63, 3.8) is 0 Å². The molecule has 1 aromatic carbocycles. The van der Waals surface area contributed by atoms with Crippen LogP contribution in [0.1, 0.15) is 15.9 Å². The lowest BCUT2D eigenvalue weighted by atomic mass is 10.0. The van der Waals surface area contributed by atoms with Crippen LogP contribution < -0.4 is 21.5 Å². The Morgan fingerprint density at radius 3 is 2.64 bits per heavy atom. The smallest absolute Gasteiger partial charge is 0.259 e. The second kappa shape index (κ2) is 10.7. The van der Waals surface area contributed by atoms with E-state index < -0.39 is 5.91 Å². The van der Waals surface area contributed by atoms with Crippen molar-refractivity contribution in [1.29, 1.82) is 0 Å². The van der Waals surface area contributed by atoms with E-state index in [4.69, 9.17) is 15.5 Å². The first kappa shape index (κ1) is 24.2. The molecule has 4 heterocycles. The Morgan fingerprint density at radius 2 is 1.89 bits per heavy atom. The molecule has 36 heavy (non-hydrogen) atoms. The molecule has 10 nitrogen and oxygen atoms in total. The molecule has 0 aliphatic carbocycles. The largest absolute Gasteiger partial charge is 0.379 e. The maximum atomic E-state index is 12.8. The van der Waals surface area contributed by atoms with E-state index in [1.807, 2.05) is 24.3 Å². The lowest BCUT2D eigenvalue weighted by Gasteiger charge is -2.33. The number of amides is 1. The van der Waals surface area contributed by atoms with E-state index in [1.54, 1.807) is 12.3 Å². The third-order valence-corrected chi connectivity index (χ3v) is 7.01. The molecule has 2 fully saturated rings. The number of hydrogen-bond donors (Lipinski definition) is 3. The van der Waals surface area contributed by atoms with E-state index in [9.17, 15) is 9.59 Å². The van der Waals surface area contributed by atoms with Crippen LogP contribution in [0.4, 0.5) is 17.3 Å². The summed E-state index contributed by atoms with van der Waals surface area (Å²) in [4.78, 5) is 39.3. The van der Waals surface area contributed by atoms with E-state index in [2.05, 4.69) is 32.0 Å². The van der Waals surface area contributed by atoms with Gasteiger partial charge in [0.15, 0.2) is 0 Å². The fourth-order valence-corrected chi connectivity index (χ4v) is 4.79. The molecule has 1 amide bonds. The number of aromatic amines is 1. The Morgan fingerprint density at radius 1 is 1.11 bits per heavy atom. The zero-order valence-electron chi connectivity index (χ0n) is 20.6. The number of ether oxygens (including phenoxy) is 1. The fourth-order valence-electron chi connectivity index (χ4n) is 4.79. The molecule has 0 unspecified atom stereocenters. The molecule has 0 radical (unpaired) electrons. The van der Waals surface area contributed by atoms with Gasteiger partial charge < -0.3 is 30.6 Å². The maximum Gasteiger partial charge on any atom is 0.259 e. The number of likely N-dealkylation sites (N-methyl/N-ethyl adjacent to an activating group) is 1. The van der Waals surface area contributed by atoms with Crippen molar-refractivity contribution < 1.29 is 9.53 Å². The van der Waals surface area contributed by atoms with Gasteiger partial charge in [-0.05, 0) is 54.8 Å². The predicted octanol–water partition coefficient (Wildman–Crippen LogP) is 1.39. The number of anilines is 3. The van der Waals surface area contributed by atoms with Gasteiger partial charge in [0.05, 0.1) is 18.6 Å². The zero-order valence-corrected chi connectivity index (χ0v) is 20.6. The van der Waals surface area contributed by atoms with Crippen LogP contribution in [-0.4, -0.2) is 91.7 Å². The SMILES string of the molecule is CN1CCN(c2cc3cc[nH]c(=O)c3c(Nc3ccc(C(N)=O)cc3CCN3CCOCC3)n2)CC1. The van der Waals surface area contributed by atoms with Crippen LogP contribution in [0.25, 0.3) is 10.8 Å². The number of nitrogens with two attached hydrogens (primary N) is 1. The van der Waals surface area contributed by atoms with Crippen LogP contribution in [0.2, 0.25) is 0 Å². The minimum atomic E-state index is -0.466. The number of carbonyl (C=O) groups excluding carboxylic acids is 1. The summed E-state index contributed by atoms with van der Waals surface area (Å²) < 4.78 is 5.46. The average Bonchev–Trinajstić information content (AvgIpc) is 2.89. The van der Waals surface area contributed by atoms with Gasteiger partial charge in [-0.25, -0.2) is 4.98 Å². The number of rotatable bonds is 7. The predicted molar refractivity (Wildman–Crippen MR) is 141 cm³/mol. The molecule has 10 heteroatoms. The Hall–Kier alpha value is -3.47. The van der Waals surface area contributed by atoms with Crippen molar-refractivity contribution in [3.05, 3.63) is 58.0 Å². The molecular formula is C26H33N7O3. The summed E-state index contributed by atoms with van der Waals surface area (Å²) in [6.45, 7) is 7.70. The van der Waals surface area contributed by atoms with Gasteiger partial charge in [-0.15, -0.1) is 0 Å². The second-order valence-corrected chi connectivity index (χ2v) is 9.46. The first-order chi connectivity index (χ1) is 17.5. The summed E-state index contributed by atoms with van der Waals surface area (Å²) in [7, 11) is 2.12. The van der Waals surface area contributed by atoms with Crippen molar-refractivity contribution in [2.24, 2.45) is 5.73 Å². The van der Waals surface area contributed by atoms with Crippen molar-refractivity contribution in [1.82, 2.24) is 19.8 Å². The fraction of sp³-hybridized carbons (Fsp3) is 0.423. The number of pyridine rings is 2. The molecule has 0 bridgehead atoms. The van der Waals surface area contributed by atoms with Gasteiger partial charge in [0, 0.05) is 63.3 Å². The van der Waals surface area contributed by atoms with Crippen LogP contribution in [0, 0.1) is 0 Å². The summed E-state index contributed by atoms with van der Waals surface area (Å²) in [5.41, 5.74) is 7.59. The molecule has 3 aromatic rings. The lowest BCUT2D eigenvalue weighted by Crippen LogP contribution is -2.44. The topological polar surface area (TPSA) is 120 Å². The number of primary amides is 1. The molecule has 2 aliphatic heterocycles. The highest BCUT2D eigenvalue weighted by Gasteiger charge is 2.19. The Labute approximate surface area is 210 Å². The van der Waals surface area contributed by atoms with Gasteiger partial charge in [-0.2, -0.15) is 0 Å². The van der Waals surface area contributed by atoms with E-state index in [1.165, 1.54) is 0 Å². The van der Waals surface area contributed by atoms with Crippen LogP contribution in [0.3, 0.4) is 0 Å². The van der Waals surface area contributed by atoms with Gasteiger partial charge >= 0.3 is 0 Å². The number of hydrogen-bond acceptors (Lipinski definition) is 8. The number of nitrogens with zero attached hydrogens (tertiary/aromatic N) is 4. The van der Waals surface area contributed by atoms with E-state index >= 15 is 0 Å². The highest BCUT2D eigenvalue weighted by Crippen LogP contribution is 2.29. The molecule has 2 saturated heterocycles. The Kier molecular flexibility index (Phi) is 7.17. The summed E-state index contributed by atoms with van der Waals surface area (Å²) in [5, 5.41) is 4.77. The molecule has 0 saturated carbocycles. The number of nitrogens with one attached hydrogen (secondary N) is 2. The first-order valence-electron chi connectivity index (χ1n) is 12.4. The Balaban J connectivity index is 1.50. The van der Waals surface area contributed by atoms with E-state index in [0.717, 1.165) is 87.9 Å². The second-order valence-electron chi connectivity index (χ2n) is 9.46. The summed E-state index contributed by atoms with van der Waals surface area (Å²) in [6.07, 6.45) is 2.38. The molecule has 0 atom stereocenters. The number of carbonyl (C=O) groups is 1. The molecule has 190 valence electrons. The summed E-state index contributed by atoms with van der Waals surface area (Å²) in [5.74, 6) is 0.876. The number of piperazine rings is 1. The van der Waals surface area contributed by atoms with Crippen LogP contribution in [0.15, 0.2) is 41.3 Å². The molecule has 2 aromatic heterocycles. The Bertz CT molecular complexity index is 1290. The minimum absolute atomic E-state index is 0.198. The number of morpholine rings is 1. The standard InChI is InChI=1S/C26H33N7O3/c1-31-8-10-33(11-9-31)22-17-19-4-6-28-26(35)23(19)25(30-22)29-21-3-2-20(24(27)34)16-18(21)5-7-32-12-14-36-15-13-32/h2-4,6,16-17H,5,7-15H2,1H3,(H2,27,34)(H,28,35)(H,29,30). The summed E-state index contributed by atoms with van der Waals surface area (Å²) >= 11 is 0. The van der Waals surface area contributed by atoms with Gasteiger partial charge in [0.1, 0.15) is 11.6 Å². The molecular weight excluding hydrogens is 458 g/mol. The van der Waals surface area contributed by atoms with Crippen molar-refractivity contribution in [3.8, 4) is 0 Å². The third-order valence-electron chi connectivity index (χ3n) is 7.01. The monoisotopic (exact) mass is 491 g/mol. The zero-order chi connectivity index (χ0) is 25.1.